The third-order valence-electron chi connectivity index (χ3n) is 3.61. The van der Waals surface area contributed by atoms with Crippen molar-refractivity contribution in [1.29, 1.82) is 0 Å². The Labute approximate surface area is 188 Å². The van der Waals surface area contributed by atoms with Gasteiger partial charge in [-0.15, -0.1) is 0 Å². The summed E-state index contributed by atoms with van der Waals surface area (Å²) >= 11 is 17.5. The summed E-state index contributed by atoms with van der Waals surface area (Å²) < 4.78 is 5.12. The maximum absolute atomic E-state index is 11.2. The van der Waals surface area contributed by atoms with Crippen LogP contribution in [0.3, 0.4) is 0 Å². The van der Waals surface area contributed by atoms with Crippen LogP contribution in [0.4, 0.5) is 10.5 Å². The number of hydrogen-bond acceptors (Lipinski definition) is 4. The molecular formula is C20H18Cl3N3O4. The molecule has 3 aromatic rings. The largest absolute Gasteiger partial charge is 0.480 e. The normalized spacial score (nSPS) is 10.0. The van der Waals surface area contributed by atoms with E-state index in [4.69, 9.17) is 44.6 Å². The summed E-state index contributed by atoms with van der Waals surface area (Å²) in [5.41, 5.74) is 1.19. The van der Waals surface area contributed by atoms with Crippen LogP contribution < -0.4 is 10.1 Å². The van der Waals surface area contributed by atoms with Crippen molar-refractivity contribution in [2.24, 2.45) is 0 Å². The second-order valence-electron chi connectivity index (χ2n) is 6.08. The van der Waals surface area contributed by atoms with E-state index in [1.807, 2.05) is 0 Å². The van der Waals surface area contributed by atoms with Gasteiger partial charge < -0.3 is 20.1 Å². The van der Waals surface area contributed by atoms with Crippen molar-refractivity contribution in [1.82, 2.24) is 9.88 Å². The quantitative estimate of drug-likeness (QED) is 0.530. The van der Waals surface area contributed by atoms with E-state index >= 15 is 0 Å². The minimum atomic E-state index is -1.03. The number of carbonyl (C=O) groups is 2. The molecule has 10 heteroatoms. The number of rotatable bonds is 4. The van der Waals surface area contributed by atoms with E-state index in [9.17, 15) is 9.59 Å². The second-order valence-corrected chi connectivity index (χ2v) is 7.30. The predicted octanol–water partition coefficient (Wildman–Crippen LogP) is 5.44. The van der Waals surface area contributed by atoms with E-state index in [1.54, 1.807) is 62.8 Å². The van der Waals surface area contributed by atoms with Gasteiger partial charge in [-0.05, 0) is 42.5 Å². The molecule has 1 aromatic heterocycles. The number of hydrogen-bond donors (Lipinski definition) is 2. The summed E-state index contributed by atoms with van der Waals surface area (Å²) in [5, 5.41) is 13.4. The van der Waals surface area contributed by atoms with Gasteiger partial charge in [0.1, 0.15) is 11.3 Å². The fraction of sp³-hybridized carbons (Fsp3) is 0.150. The van der Waals surface area contributed by atoms with E-state index in [0.29, 0.717) is 32.0 Å². The number of urea groups is 1. The van der Waals surface area contributed by atoms with Crippen molar-refractivity contribution in [2.45, 2.75) is 0 Å². The maximum atomic E-state index is 11.2. The molecule has 0 aliphatic rings. The minimum absolute atomic E-state index is 0.205. The van der Waals surface area contributed by atoms with Gasteiger partial charge in [-0.1, -0.05) is 34.8 Å². The summed E-state index contributed by atoms with van der Waals surface area (Å²) in [7, 11) is 3.32. The van der Waals surface area contributed by atoms with Crippen molar-refractivity contribution in [3.05, 3.63) is 63.7 Å². The molecular weight excluding hydrogens is 453 g/mol. The smallest absolute Gasteiger partial charge is 0.341 e. The van der Waals surface area contributed by atoms with Crippen molar-refractivity contribution in [3.8, 4) is 5.75 Å². The lowest BCUT2D eigenvalue weighted by Gasteiger charge is -2.12. The molecule has 30 heavy (non-hydrogen) atoms. The first kappa shape index (κ1) is 23.5. The molecule has 0 aliphatic heterocycles. The monoisotopic (exact) mass is 469 g/mol. The number of fused-ring (bicyclic) bond motifs is 1. The summed E-state index contributed by atoms with van der Waals surface area (Å²) in [4.78, 5) is 27.2. The highest BCUT2D eigenvalue weighted by molar-refractivity contribution is 6.42. The number of nitrogens with zero attached hydrogens (tertiary/aromatic N) is 2. The lowest BCUT2D eigenvalue weighted by Crippen LogP contribution is -2.27. The van der Waals surface area contributed by atoms with Gasteiger partial charge in [-0.25, -0.2) is 9.59 Å². The van der Waals surface area contributed by atoms with Crippen molar-refractivity contribution < 1.29 is 19.4 Å². The standard InChI is InChI=1S/C11H8ClNO3.C9H10Cl2N2O/c12-8-3-4-9(16-6-10(14)15)11-7(8)2-1-5-13-11;1-13(2)9(14)12-6-3-4-7(10)8(11)5-6/h1-5H,6H2,(H,14,15);3-5H,1-2H3,(H,12,14). The third-order valence-corrected chi connectivity index (χ3v) is 4.68. The first-order valence-corrected chi connectivity index (χ1v) is 9.63. The number of anilines is 1. The Morgan fingerprint density at radius 1 is 1.07 bits per heavy atom. The summed E-state index contributed by atoms with van der Waals surface area (Å²) in [6.45, 7) is -0.396. The van der Waals surface area contributed by atoms with Crippen LogP contribution >= 0.6 is 34.8 Å². The molecule has 158 valence electrons. The van der Waals surface area contributed by atoms with Gasteiger partial charge in [0.05, 0.1) is 15.1 Å². The van der Waals surface area contributed by atoms with Gasteiger partial charge in [0.15, 0.2) is 6.61 Å². The predicted molar refractivity (Wildman–Crippen MR) is 119 cm³/mol. The average molecular weight is 471 g/mol. The van der Waals surface area contributed by atoms with E-state index in [1.165, 1.54) is 4.90 Å². The topological polar surface area (TPSA) is 91.8 Å². The molecule has 2 amide bonds. The van der Waals surface area contributed by atoms with E-state index in [0.717, 1.165) is 5.39 Å². The number of benzene rings is 2. The van der Waals surface area contributed by atoms with Crippen LogP contribution in [0, 0.1) is 0 Å². The van der Waals surface area contributed by atoms with E-state index in [-0.39, 0.29) is 6.03 Å². The Balaban J connectivity index is 0.000000216. The number of amides is 2. The van der Waals surface area contributed by atoms with Crippen molar-refractivity contribution in [2.75, 3.05) is 26.0 Å². The van der Waals surface area contributed by atoms with Crippen LogP contribution in [0.1, 0.15) is 0 Å². The van der Waals surface area contributed by atoms with Crippen LogP contribution in [-0.4, -0.2) is 47.7 Å². The molecule has 0 spiro atoms. The molecule has 0 fully saturated rings. The maximum Gasteiger partial charge on any atom is 0.341 e. The highest BCUT2D eigenvalue weighted by Crippen LogP contribution is 2.29. The third kappa shape index (κ3) is 6.66. The lowest BCUT2D eigenvalue weighted by atomic mass is 10.2. The van der Waals surface area contributed by atoms with Gasteiger partial charge in [-0.3, -0.25) is 4.98 Å². The van der Waals surface area contributed by atoms with Crippen molar-refractivity contribution >= 4 is 63.4 Å². The van der Waals surface area contributed by atoms with Gasteiger partial charge in [-0.2, -0.15) is 0 Å². The Morgan fingerprint density at radius 3 is 2.40 bits per heavy atom. The average Bonchev–Trinajstić information content (AvgIpc) is 2.71. The zero-order valence-corrected chi connectivity index (χ0v) is 18.3. The number of carboxylic acid groups (broad SMARTS) is 1. The highest BCUT2D eigenvalue weighted by atomic mass is 35.5. The first-order chi connectivity index (χ1) is 14.2. The Kier molecular flexibility index (Phi) is 8.53. The SMILES string of the molecule is CN(C)C(=O)Nc1ccc(Cl)c(Cl)c1.O=C(O)COc1ccc(Cl)c2cccnc12. The number of carbonyl (C=O) groups excluding carboxylic acids is 1. The molecule has 7 nitrogen and oxygen atoms in total. The second kappa shape index (κ2) is 10.9. The van der Waals surface area contributed by atoms with Crippen molar-refractivity contribution in [3.63, 3.8) is 0 Å². The van der Waals surface area contributed by atoms with Crippen LogP contribution in [0.25, 0.3) is 10.9 Å². The first-order valence-electron chi connectivity index (χ1n) is 8.50. The summed E-state index contributed by atoms with van der Waals surface area (Å²) in [6, 6.07) is 11.6. The van der Waals surface area contributed by atoms with Crippen LogP contribution in [-0.2, 0) is 4.79 Å². The summed E-state index contributed by atoms with van der Waals surface area (Å²) in [5.74, 6) is -0.610. The number of pyridine rings is 1. The van der Waals surface area contributed by atoms with E-state index in [2.05, 4.69) is 10.3 Å². The zero-order chi connectivity index (χ0) is 22.3. The van der Waals surface area contributed by atoms with Gasteiger partial charge >= 0.3 is 12.0 Å². The number of nitrogens with one attached hydrogen (secondary N) is 1. The number of carboxylic acids is 1. The molecule has 0 aliphatic carbocycles. The molecule has 0 radical (unpaired) electrons. The molecule has 2 N–H and O–H groups in total. The molecule has 3 rings (SSSR count). The fourth-order valence-corrected chi connectivity index (χ4v) is 2.69. The van der Waals surface area contributed by atoms with Gasteiger partial charge in [0.2, 0.25) is 0 Å². The van der Waals surface area contributed by atoms with E-state index < -0.39 is 12.6 Å². The number of halogens is 3. The van der Waals surface area contributed by atoms with Crippen LogP contribution in [0.5, 0.6) is 5.75 Å². The molecule has 0 unspecified atom stereocenters. The Bertz CT molecular complexity index is 1060. The minimum Gasteiger partial charge on any atom is -0.480 e. The fourth-order valence-electron chi connectivity index (χ4n) is 2.18. The molecule has 0 saturated carbocycles. The van der Waals surface area contributed by atoms with Gasteiger partial charge in [0, 0.05) is 31.4 Å². The van der Waals surface area contributed by atoms with Crippen LogP contribution in [0.2, 0.25) is 15.1 Å². The number of ether oxygens (including phenoxy) is 1. The molecule has 0 saturated heterocycles. The lowest BCUT2D eigenvalue weighted by molar-refractivity contribution is -0.139. The molecule has 2 aromatic carbocycles. The highest BCUT2D eigenvalue weighted by Gasteiger charge is 2.08. The van der Waals surface area contributed by atoms with Crippen LogP contribution in [0.15, 0.2) is 48.7 Å². The number of aromatic nitrogens is 1. The zero-order valence-electron chi connectivity index (χ0n) is 16.0. The molecule has 1 heterocycles. The molecule has 0 atom stereocenters. The Hall–Kier alpha value is -2.74. The number of aliphatic carboxylic acids is 1. The summed E-state index contributed by atoms with van der Waals surface area (Å²) in [6.07, 6.45) is 1.60. The Morgan fingerprint density at radius 2 is 1.77 bits per heavy atom. The van der Waals surface area contributed by atoms with Gasteiger partial charge in [0.25, 0.3) is 0 Å². The molecule has 0 bridgehead atoms.